The average molecular weight is 468 g/mol. The quantitative estimate of drug-likeness (QED) is 0.465. The minimum Gasteiger partial charge on any atom is -0.444 e. The lowest BCUT2D eigenvalue weighted by atomic mass is 10.1. The molecule has 33 heavy (non-hydrogen) atoms. The van der Waals surface area contributed by atoms with Crippen molar-refractivity contribution in [2.75, 3.05) is 0 Å². The minimum atomic E-state index is -0.935. The van der Waals surface area contributed by atoms with Crippen molar-refractivity contribution >= 4 is 27.6 Å². The van der Waals surface area contributed by atoms with Crippen LogP contribution < -0.4 is 10.9 Å². The van der Waals surface area contributed by atoms with E-state index in [1.165, 1.54) is 22.2 Å². The van der Waals surface area contributed by atoms with Crippen molar-refractivity contribution < 1.29 is 14.1 Å². The Kier molecular flexibility index (Phi) is 5.79. The number of rotatable bonds is 5. The largest absolute Gasteiger partial charge is 0.444 e. The number of carbonyl (C=O) groups excluding carboxylic acids is 1. The maximum absolute atomic E-state index is 13.0. The first-order chi connectivity index (χ1) is 15.5. The first-order valence-corrected chi connectivity index (χ1v) is 11.2. The van der Waals surface area contributed by atoms with Crippen molar-refractivity contribution in [1.29, 1.82) is 0 Å². The van der Waals surface area contributed by atoms with Crippen molar-refractivity contribution in [1.82, 2.24) is 25.0 Å². The van der Waals surface area contributed by atoms with E-state index in [2.05, 4.69) is 20.4 Å². The van der Waals surface area contributed by atoms with Crippen LogP contribution in [0.25, 0.3) is 20.7 Å². The van der Waals surface area contributed by atoms with E-state index < -0.39 is 17.2 Å². The van der Waals surface area contributed by atoms with Crippen molar-refractivity contribution in [3.05, 3.63) is 64.8 Å². The van der Waals surface area contributed by atoms with Gasteiger partial charge >= 0.3 is 6.09 Å². The van der Waals surface area contributed by atoms with E-state index in [9.17, 15) is 9.59 Å². The summed E-state index contributed by atoms with van der Waals surface area (Å²) in [4.78, 5) is 34.9. The van der Waals surface area contributed by atoms with Gasteiger partial charge in [0.1, 0.15) is 22.4 Å². The highest BCUT2D eigenvalue weighted by atomic mass is 32.1. The summed E-state index contributed by atoms with van der Waals surface area (Å²) in [5.41, 5.74) is -0.0625. The number of alkyl carbamates (subject to hydrolysis) is 1. The first kappa shape index (κ1) is 22.7. The summed E-state index contributed by atoms with van der Waals surface area (Å²) < 4.78 is 12.6. The summed E-state index contributed by atoms with van der Waals surface area (Å²) in [6, 6.07) is 11.8. The van der Waals surface area contributed by atoms with Gasteiger partial charge in [0.2, 0.25) is 5.89 Å². The van der Waals surface area contributed by atoms with Gasteiger partial charge < -0.3 is 14.6 Å². The lowest BCUT2D eigenvalue weighted by Gasteiger charge is -2.26. The Hall–Kier alpha value is -3.53. The molecule has 9 nitrogen and oxygen atoms in total. The van der Waals surface area contributed by atoms with E-state index in [-0.39, 0.29) is 23.8 Å². The van der Waals surface area contributed by atoms with Gasteiger partial charge in [0.25, 0.3) is 5.56 Å². The van der Waals surface area contributed by atoms with Gasteiger partial charge in [-0.05, 0) is 46.2 Å². The molecule has 0 atom stereocenters. The molecule has 0 aliphatic carbocycles. The number of aromatic nitrogens is 4. The van der Waals surface area contributed by atoms with Crippen LogP contribution in [0.15, 0.2) is 52.0 Å². The SMILES string of the molecule is CC(C)(C)OC(=O)NC(C)(C)c1noc(Cn2cnc3cc(-c4ccccc4)sc3c2=O)n1. The third-order valence-electron chi connectivity index (χ3n) is 4.71. The number of amides is 1. The number of nitrogens with one attached hydrogen (secondary N) is 1. The Morgan fingerprint density at radius 1 is 1.18 bits per heavy atom. The molecule has 0 spiro atoms. The Bertz CT molecular complexity index is 1350. The topological polar surface area (TPSA) is 112 Å². The highest BCUT2D eigenvalue weighted by Crippen LogP contribution is 2.30. The van der Waals surface area contributed by atoms with E-state index >= 15 is 0 Å². The normalized spacial score (nSPS) is 12.2. The average Bonchev–Trinajstić information content (AvgIpc) is 3.37. The number of benzene rings is 1. The zero-order valence-electron chi connectivity index (χ0n) is 19.1. The fraction of sp³-hybridized carbons (Fsp3) is 0.348. The van der Waals surface area contributed by atoms with E-state index in [0.29, 0.717) is 10.2 Å². The number of hydrogen-bond acceptors (Lipinski definition) is 8. The maximum Gasteiger partial charge on any atom is 0.408 e. The Labute approximate surface area is 194 Å². The lowest BCUT2D eigenvalue weighted by molar-refractivity contribution is 0.0465. The van der Waals surface area contributed by atoms with Crippen LogP contribution in [0.4, 0.5) is 4.79 Å². The molecule has 4 rings (SSSR count). The maximum atomic E-state index is 13.0. The number of thiophene rings is 1. The Balaban J connectivity index is 1.54. The highest BCUT2D eigenvalue weighted by molar-refractivity contribution is 7.22. The Morgan fingerprint density at radius 2 is 1.91 bits per heavy atom. The van der Waals surface area contributed by atoms with Gasteiger partial charge in [0.05, 0.1) is 11.8 Å². The zero-order chi connectivity index (χ0) is 23.8. The van der Waals surface area contributed by atoms with E-state index in [0.717, 1.165) is 10.4 Å². The van der Waals surface area contributed by atoms with E-state index in [1.807, 2.05) is 36.4 Å². The second-order valence-corrected chi connectivity index (χ2v) is 10.2. The monoisotopic (exact) mass is 467 g/mol. The van der Waals surface area contributed by atoms with Gasteiger partial charge in [0, 0.05) is 4.88 Å². The van der Waals surface area contributed by atoms with Crippen LogP contribution in [0.3, 0.4) is 0 Å². The number of carbonyl (C=O) groups is 1. The summed E-state index contributed by atoms with van der Waals surface area (Å²) in [6.07, 6.45) is 0.886. The molecule has 3 heterocycles. The van der Waals surface area contributed by atoms with Gasteiger partial charge in [-0.2, -0.15) is 4.98 Å². The van der Waals surface area contributed by atoms with Gasteiger partial charge in [-0.25, -0.2) is 9.78 Å². The van der Waals surface area contributed by atoms with Gasteiger partial charge in [-0.15, -0.1) is 11.3 Å². The number of ether oxygens (including phenoxy) is 1. The van der Waals surface area contributed by atoms with Crippen LogP contribution in [0.2, 0.25) is 0 Å². The molecule has 172 valence electrons. The molecule has 1 N–H and O–H groups in total. The predicted octanol–water partition coefficient (Wildman–Crippen LogP) is 4.32. The molecule has 0 fully saturated rings. The lowest BCUT2D eigenvalue weighted by Crippen LogP contribution is -2.44. The van der Waals surface area contributed by atoms with Gasteiger partial charge in [-0.3, -0.25) is 9.36 Å². The third kappa shape index (κ3) is 5.11. The first-order valence-electron chi connectivity index (χ1n) is 10.4. The summed E-state index contributed by atoms with van der Waals surface area (Å²) in [5.74, 6) is 0.500. The molecule has 0 aliphatic heterocycles. The molecule has 0 unspecified atom stereocenters. The number of nitrogens with zero attached hydrogens (tertiary/aromatic N) is 4. The van der Waals surface area contributed by atoms with Crippen LogP contribution in [0, 0.1) is 0 Å². The third-order valence-corrected chi connectivity index (χ3v) is 5.87. The van der Waals surface area contributed by atoms with Crippen LogP contribution >= 0.6 is 11.3 Å². The van der Waals surface area contributed by atoms with Crippen molar-refractivity contribution in [2.45, 2.75) is 52.3 Å². The molecule has 0 radical (unpaired) electrons. The second-order valence-electron chi connectivity index (χ2n) is 9.13. The fourth-order valence-corrected chi connectivity index (χ4v) is 4.20. The highest BCUT2D eigenvalue weighted by Gasteiger charge is 2.31. The second kappa shape index (κ2) is 8.43. The van der Waals surface area contributed by atoms with Crippen LogP contribution in [0.5, 0.6) is 0 Å². The number of fused-ring (bicyclic) bond motifs is 1. The molecule has 10 heteroatoms. The molecule has 3 aromatic heterocycles. The molecule has 0 bridgehead atoms. The molecular formula is C23H25N5O4S. The van der Waals surface area contributed by atoms with E-state index in [1.54, 1.807) is 34.6 Å². The molecule has 0 saturated heterocycles. The molecule has 0 saturated carbocycles. The molecule has 0 aliphatic rings. The molecule has 1 aromatic carbocycles. The van der Waals surface area contributed by atoms with Gasteiger partial charge in [-0.1, -0.05) is 35.5 Å². The minimum absolute atomic E-state index is 0.0653. The summed E-state index contributed by atoms with van der Waals surface area (Å²) >= 11 is 1.40. The smallest absolute Gasteiger partial charge is 0.408 e. The van der Waals surface area contributed by atoms with Crippen LogP contribution in [0.1, 0.15) is 46.3 Å². The molecular weight excluding hydrogens is 442 g/mol. The fourth-order valence-electron chi connectivity index (χ4n) is 3.14. The summed E-state index contributed by atoms with van der Waals surface area (Å²) in [7, 11) is 0. The summed E-state index contributed by atoms with van der Waals surface area (Å²) in [6.45, 7) is 8.89. The molecule has 1 amide bonds. The zero-order valence-corrected chi connectivity index (χ0v) is 19.9. The van der Waals surface area contributed by atoms with Crippen molar-refractivity contribution in [3.8, 4) is 10.4 Å². The number of hydrogen-bond donors (Lipinski definition) is 1. The predicted molar refractivity (Wildman–Crippen MR) is 125 cm³/mol. The standard InChI is InChI=1S/C23H25N5O4S/c1-22(2,3)31-21(30)26-23(4,5)20-25-17(32-27-20)12-28-13-24-15-11-16(33-18(15)19(28)29)14-9-7-6-8-10-14/h6-11,13H,12H2,1-5H3,(H,26,30). The van der Waals surface area contributed by atoms with Crippen molar-refractivity contribution in [3.63, 3.8) is 0 Å². The van der Waals surface area contributed by atoms with Gasteiger partial charge in [0.15, 0.2) is 5.82 Å². The van der Waals surface area contributed by atoms with E-state index in [4.69, 9.17) is 9.26 Å². The van der Waals surface area contributed by atoms with Crippen LogP contribution in [-0.4, -0.2) is 31.4 Å². The summed E-state index contributed by atoms with van der Waals surface area (Å²) in [5, 5.41) is 6.71. The van der Waals surface area contributed by atoms with Crippen LogP contribution in [-0.2, 0) is 16.8 Å². The van der Waals surface area contributed by atoms with Crippen molar-refractivity contribution in [2.24, 2.45) is 0 Å². The molecule has 4 aromatic rings. The Morgan fingerprint density at radius 3 is 2.61 bits per heavy atom.